The van der Waals surface area contributed by atoms with Gasteiger partial charge in [0.15, 0.2) is 5.82 Å². The number of carbonyl (C=O) groups excluding carboxylic acids is 3. The smallest absolute Gasteiger partial charge is 0.411 e. The number of anilines is 3. The van der Waals surface area contributed by atoms with Gasteiger partial charge in [-0.1, -0.05) is 37.4 Å². The summed E-state index contributed by atoms with van der Waals surface area (Å²) in [5.74, 6) is -0.924. The number of rotatable bonds is 6. The van der Waals surface area contributed by atoms with Crippen LogP contribution in [-0.4, -0.2) is 46.7 Å². The fourth-order valence-electron chi connectivity index (χ4n) is 4.70. The maximum absolute atomic E-state index is 14.4. The number of halogens is 2. The molecular formula is C29H33ClFN7O4. The molecule has 2 bridgehead atoms. The molecule has 3 unspecified atom stereocenters. The Morgan fingerprint density at radius 3 is 2.79 bits per heavy atom. The molecule has 0 radical (unpaired) electrons. The molecule has 0 spiro atoms. The summed E-state index contributed by atoms with van der Waals surface area (Å²) in [7, 11) is 1.26. The van der Waals surface area contributed by atoms with Gasteiger partial charge in [-0.15, -0.1) is 0 Å². The molecule has 13 heteroatoms. The summed E-state index contributed by atoms with van der Waals surface area (Å²) >= 11 is 5.86. The van der Waals surface area contributed by atoms with Gasteiger partial charge in [0.1, 0.15) is 11.5 Å². The molecule has 2 aromatic carbocycles. The number of amides is 3. The standard InChI is InChI=1S/C29H33ClFN7O4/c1-15-6-4-9-21(38-28(40)26(32)16(2)34-20-8-5-7-19(30)25(20)31)27-33-14-23(37-27)18-11-10-17(35-29(41)42-3)13-22(18)36-24(39)12-15/h5,7-8,10-11,13-16,21,32,34H,4,6,9,12H2,1-3H3,(H,33,37)(H,35,41)(H,36,39)(H,38,40). The molecule has 0 saturated heterocycles. The van der Waals surface area contributed by atoms with Crippen molar-refractivity contribution in [3.05, 3.63) is 59.3 Å². The minimum absolute atomic E-state index is 0.0587. The van der Waals surface area contributed by atoms with E-state index in [1.165, 1.54) is 19.2 Å². The van der Waals surface area contributed by atoms with Crippen molar-refractivity contribution in [3.63, 3.8) is 0 Å². The normalized spacial score (nSPS) is 17.7. The average Bonchev–Trinajstić information content (AvgIpc) is 3.44. The second-order valence-corrected chi connectivity index (χ2v) is 10.7. The van der Waals surface area contributed by atoms with Crippen LogP contribution < -0.4 is 21.3 Å². The number of aromatic nitrogens is 2. The summed E-state index contributed by atoms with van der Waals surface area (Å²) < 4.78 is 19.0. The number of H-pyrrole nitrogens is 1. The molecule has 1 aliphatic heterocycles. The molecule has 222 valence electrons. The van der Waals surface area contributed by atoms with Crippen LogP contribution in [0.2, 0.25) is 5.02 Å². The van der Waals surface area contributed by atoms with Gasteiger partial charge in [-0.05, 0) is 49.6 Å². The zero-order valence-corrected chi connectivity index (χ0v) is 24.2. The number of carbonyl (C=O) groups is 3. The predicted octanol–water partition coefficient (Wildman–Crippen LogP) is 5.87. The first-order valence-electron chi connectivity index (χ1n) is 13.5. The lowest BCUT2D eigenvalue weighted by atomic mass is 9.97. The lowest BCUT2D eigenvalue weighted by Gasteiger charge is -2.21. The summed E-state index contributed by atoms with van der Waals surface area (Å²) in [6.45, 7) is 3.56. The van der Waals surface area contributed by atoms with Gasteiger partial charge in [-0.2, -0.15) is 0 Å². The zero-order valence-electron chi connectivity index (χ0n) is 23.4. The molecule has 11 nitrogen and oxygen atoms in total. The molecule has 3 aromatic rings. The highest BCUT2D eigenvalue weighted by Crippen LogP contribution is 2.32. The Hall–Kier alpha value is -4.45. The van der Waals surface area contributed by atoms with Crippen molar-refractivity contribution in [2.45, 2.75) is 51.6 Å². The zero-order chi connectivity index (χ0) is 30.4. The van der Waals surface area contributed by atoms with Crippen LogP contribution in [0.25, 0.3) is 11.3 Å². The van der Waals surface area contributed by atoms with E-state index in [1.807, 2.05) is 6.92 Å². The van der Waals surface area contributed by atoms with E-state index in [2.05, 4.69) is 36.0 Å². The summed E-state index contributed by atoms with van der Waals surface area (Å²) in [5.41, 5.74) is 1.91. The number of methoxy groups -OCH3 is 1. The van der Waals surface area contributed by atoms with Gasteiger partial charge in [0.25, 0.3) is 5.91 Å². The first-order chi connectivity index (χ1) is 20.0. The highest BCUT2D eigenvalue weighted by atomic mass is 35.5. The fourth-order valence-corrected chi connectivity index (χ4v) is 4.88. The number of fused-ring (bicyclic) bond motifs is 4. The SMILES string of the molecule is COC(=O)Nc1ccc2c(c1)NC(=O)CC(C)CCCC(NC(=O)C(=N)C(C)Nc1cccc(Cl)c1F)c1ncc-2[nH]1. The van der Waals surface area contributed by atoms with Crippen LogP contribution in [0.3, 0.4) is 0 Å². The second kappa shape index (κ2) is 13.5. The van der Waals surface area contributed by atoms with Crippen LogP contribution in [-0.2, 0) is 14.3 Å². The third-order valence-electron chi connectivity index (χ3n) is 6.97. The van der Waals surface area contributed by atoms with Crippen LogP contribution in [0.1, 0.15) is 51.4 Å². The van der Waals surface area contributed by atoms with Crippen molar-refractivity contribution >= 4 is 52.3 Å². The third kappa shape index (κ3) is 7.43. The summed E-state index contributed by atoms with van der Waals surface area (Å²) in [6, 6.07) is 8.14. The molecule has 0 aliphatic carbocycles. The highest BCUT2D eigenvalue weighted by molar-refractivity contribution is 6.40. The minimum atomic E-state index is -0.809. The summed E-state index contributed by atoms with van der Waals surface area (Å²) in [5, 5.41) is 19.6. The molecular weight excluding hydrogens is 565 g/mol. The minimum Gasteiger partial charge on any atom is -0.453 e. The number of nitrogens with zero attached hydrogens (tertiary/aromatic N) is 1. The van der Waals surface area contributed by atoms with Gasteiger partial charge in [0.2, 0.25) is 5.91 Å². The van der Waals surface area contributed by atoms with E-state index in [-0.39, 0.29) is 34.7 Å². The largest absolute Gasteiger partial charge is 0.453 e. The lowest BCUT2D eigenvalue weighted by molar-refractivity contribution is -0.117. The van der Waals surface area contributed by atoms with Gasteiger partial charge >= 0.3 is 6.09 Å². The molecule has 4 rings (SSSR count). The highest BCUT2D eigenvalue weighted by Gasteiger charge is 2.25. The van der Waals surface area contributed by atoms with Crippen LogP contribution >= 0.6 is 11.6 Å². The van der Waals surface area contributed by atoms with E-state index < -0.39 is 29.9 Å². The van der Waals surface area contributed by atoms with E-state index in [1.54, 1.807) is 37.4 Å². The maximum atomic E-state index is 14.4. The van der Waals surface area contributed by atoms with Crippen molar-refractivity contribution in [2.24, 2.45) is 5.92 Å². The molecule has 0 fully saturated rings. The van der Waals surface area contributed by atoms with Gasteiger partial charge in [-0.25, -0.2) is 14.2 Å². The third-order valence-corrected chi connectivity index (χ3v) is 7.26. The van der Waals surface area contributed by atoms with Crippen molar-refractivity contribution in [1.82, 2.24) is 15.3 Å². The van der Waals surface area contributed by atoms with Crippen molar-refractivity contribution in [2.75, 3.05) is 23.1 Å². The number of nitrogens with one attached hydrogen (secondary N) is 6. The van der Waals surface area contributed by atoms with E-state index in [0.29, 0.717) is 47.7 Å². The second-order valence-electron chi connectivity index (χ2n) is 10.3. The molecule has 3 amide bonds. The molecule has 42 heavy (non-hydrogen) atoms. The fraction of sp³-hybridized carbons (Fsp3) is 0.345. The van der Waals surface area contributed by atoms with Gasteiger partial charge in [0.05, 0.1) is 47.5 Å². The van der Waals surface area contributed by atoms with E-state index in [0.717, 1.165) is 0 Å². The number of hydrogen-bond donors (Lipinski definition) is 6. The van der Waals surface area contributed by atoms with E-state index in [9.17, 15) is 18.8 Å². The lowest BCUT2D eigenvalue weighted by Crippen LogP contribution is -2.41. The molecule has 1 aromatic heterocycles. The van der Waals surface area contributed by atoms with Crippen molar-refractivity contribution < 1.29 is 23.5 Å². The Balaban J connectivity index is 1.58. The monoisotopic (exact) mass is 597 g/mol. The van der Waals surface area contributed by atoms with Crippen molar-refractivity contribution in [1.29, 1.82) is 5.41 Å². The molecule has 0 saturated carbocycles. The first kappa shape index (κ1) is 30.5. The molecule has 6 N–H and O–H groups in total. The molecule has 1 aliphatic rings. The average molecular weight is 598 g/mol. The summed E-state index contributed by atoms with van der Waals surface area (Å²) in [4.78, 5) is 45.5. The maximum Gasteiger partial charge on any atom is 0.411 e. The van der Waals surface area contributed by atoms with Crippen LogP contribution in [0.5, 0.6) is 0 Å². The van der Waals surface area contributed by atoms with E-state index in [4.69, 9.17) is 17.0 Å². The van der Waals surface area contributed by atoms with Crippen LogP contribution in [0, 0.1) is 17.1 Å². The summed E-state index contributed by atoms with van der Waals surface area (Å²) in [6.07, 6.45) is 3.15. The Kier molecular flexibility index (Phi) is 9.79. The van der Waals surface area contributed by atoms with Crippen LogP contribution in [0.15, 0.2) is 42.6 Å². The van der Waals surface area contributed by atoms with E-state index >= 15 is 0 Å². The van der Waals surface area contributed by atoms with Gasteiger partial charge in [-0.3, -0.25) is 20.3 Å². The predicted molar refractivity (Wildman–Crippen MR) is 159 cm³/mol. The Morgan fingerprint density at radius 1 is 1.24 bits per heavy atom. The molecule has 2 heterocycles. The number of ether oxygens (including phenoxy) is 1. The Labute approximate surface area is 247 Å². The Bertz CT molecular complexity index is 1490. The number of imidazole rings is 1. The van der Waals surface area contributed by atoms with Crippen molar-refractivity contribution in [3.8, 4) is 11.3 Å². The topological polar surface area (TPSA) is 161 Å². The number of aromatic amines is 1. The Morgan fingerprint density at radius 2 is 2.02 bits per heavy atom. The molecule has 3 atom stereocenters. The number of benzene rings is 2. The quantitative estimate of drug-likeness (QED) is 0.195. The van der Waals surface area contributed by atoms with Gasteiger partial charge < -0.3 is 25.7 Å². The van der Waals surface area contributed by atoms with Crippen LogP contribution in [0.4, 0.5) is 26.2 Å². The van der Waals surface area contributed by atoms with Gasteiger partial charge in [0, 0.05) is 17.7 Å². The first-order valence-corrected chi connectivity index (χ1v) is 13.9. The number of hydrogen-bond acceptors (Lipinski definition) is 7.